The summed E-state index contributed by atoms with van der Waals surface area (Å²) < 4.78 is 11.1. The summed E-state index contributed by atoms with van der Waals surface area (Å²) in [6, 6.07) is 17.2. The van der Waals surface area contributed by atoms with E-state index in [1.165, 1.54) is 6.26 Å². The molecule has 0 unspecified atom stereocenters. The Kier molecular flexibility index (Phi) is 5.19. The van der Waals surface area contributed by atoms with Crippen molar-refractivity contribution >= 4 is 11.6 Å². The number of para-hydroxylation sites is 2. The predicted molar refractivity (Wildman–Crippen MR) is 98.0 cm³/mol. The van der Waals surface area contributed by atoms with Crippen molar-refractivity contribution in [1.29, 1.82) is 0 Å². The minimum Gasteiger partial charge on any atom is -0.489 e. The molecule has 0 atom stereocenters. The van der Waals surface area contributed by atoms with E-state index in [9.17, 15) is 4.79 Å². The summed E-state index contributed by atoms with van der Waals surface area (Å²) in [5.74, 6) is 0.768. The van der Waals surface area contributed by atoms with Crippen LogP contribution in [-0.2, 0) is 13.0 Å². The Labute approximate surface area is 147 Å². The molecule has 25 heavy (non-hydrogen) atoms. The molecule has 128 valence electrons. The van der Waals surface area contributed by atoms with E-state index in [0.29, 0.717) is 5.56 Å². The van der Waals surface area contributed by atoms with Crippen molar-refractivity contribution < 1.29 is 13.9 Å². The minimum absolute atomic E-state index is 0.263. The molecule has 0 aliphatic heterocycles. The Morgan fingerprint density at radius 1 is 1.04 bits per heavy atom. The molecule has 1 N–H and O–H groups in total. The third-order valence-corrected chi connectivity index (χ3v) is 4.07. The maximum absolute atomic E-state index is 12.7. The van der Waals surface area contributed by atoms with Gasteiger partial charge < -0.3 is 14.5 Å². The van der Waals surface area contributed by atoms with Gasteiger partial charge in [0.1, 0.15) is 12.4 Å². The highest BCUT2D eigenvalue weighted by molar-refractivity contribution is 6.04. The third-order valence-electron chi connectivity index (χ3n) is 4.07. The van der Waals surface area contributed by atoms with Crippen molar-refractivity contribution in [1.82, 2.24) is 0 Å². The predicted octanol–water partition coefficient (Wildman–Crippen LogP) is 4.98. The Morgan fingerprint density at radius 3 is 2.60 bits per heavy atom. The Morgan fingerprint density at radius 2 is 1.84 bits per heavy atom. The van der Waals surface area contributed by atoms with E-state index in [-0.39, 0.29) is 18.3 Å². The monoisotopic (exact) mass is 335 g/mol. The normalized spacial score (nSPS) is 10.5. The summed E-state index contributed by atoms with van der Waals surface area (Å²) in [7, 11) is 0. The zero-order valence-corrected chi connectivity index (χ0v) is 14.4. The van der Waals surface area contributed by atoms with Crippen LogP contribution in [0.25, 0.3) is 0 Å². The molecule has 0 radical (unpaired) electrons. The van der Waals surface area contributed by atoms with Crippen LogP contribution in [0.15, 0.2) is 65.3 Å². The van der Waals surface area contributed by atoms with E-state index in [2.05, 4.69) is 12.2 Å². The number of carbonyl (C=O) groups excluding carboxylic acids is 1. The smallest absolute Gasteiger partial charge is 0.291 e. The number of furan rings is 1. The summed E-state index contributed by atoms with van der Waals surface area (Å²) in [6.45, 7) is 4.32. The van der Waals surface area contributed by atoms with Gasteiger partial charge in [0.15, 0.2) is 5.76 Å². The van der Waals surface area contributed by atoms with Crippen LogP contribution in [0.1, 0.15) is 34.2 Å². The van der Waals surface area contributed by atoms with E-state index in [0.717, 1.165) is 29.0 Å². The Bertz CT molecular complexity index is 853. The van der Waals surface area contributed by atoms with E-state index in [4.69, 9.17) is 9.15 Å². The topological polar surface area (TPSA) is 51.5 Å². The van der Waals surface area contributed by atoms with Crippen LogP contribution in [0.5, 0.6) is 5.75 Å². The number of amides is 1. The maximum atomic E-state index is 12.7. The molecule has 3 aromatic rings. The number of carbonyl (C=O) groups is 1. The third kappa shape index (κ3) is 3.91. The van der Waals surface area contributed by atoms with E-state index in [1.54, 1.807) is 6.07 Å². The largest absolute Gasteiger partial charge is 0.489 e. The number of rotatable bonds is 6. The average Bonchev–Trinajstić information content (AvgIpc) is 3.11. The van der Waals surface area contributed by atoms with Crippen LogP contribution in [0.2, 0.25) is 0 Å². The number of anilines is 1. The first kappa shape index (κ1) is 16.8. The Hall–Kier alpha value is -3.01. The van der Waals surface area contributed by atoms with E-state index >= 15 is 0 Å². The summed E-state index contributed by atoms with van der Waals surface area (Å²) >= 11 is 0. The van der Waals surface area contributed by atoms with Crippen LogP contribution in [0.4, 0.5) is 5.69 Å². The van der Waals surface area contributed by atoms with Gasteiger partial charge in [0, 0.05) is 11.3 Å². The molecule has 3 rings (SSSR count). The molecule has 0 bridgehead atoms. The molecule has 1 heterocycles. The lowest BCUT2D eigenvalue weighted by Crippen LogP contribution is -2.15. The molecule has 0 saturated heterocycles. The fourth-order valence-electron chi connectivity index (χ4n) is 2.70. The van der Waals surface area contributed by atoms with Crippen molar-refractivity contribution in [3.8, 4) is 5.75 Å². The van der Waals surface area contributed by atoms with Crippen LogP contribution >= 0.6 is 0 Å². The van der Waals surface area contributed by atoms with Gasteiger partial charge in [0.2, 0.25) is 0 Å². The molecule has 1 amide bonds. The van der Waals surface area contributed by atoms with Gasteiger partial charge in [-0.25, -0.2) is 0 Å². The summed E-state index contributed by atoms with van der Waals surface area (Å²) in [4.78, 5) is 12.7. The fourth-order valence-corrected chi connectivity index (χ4v) is 2.70. The summed E-state index contributed by atoms with van der Waals surface area (Å²) in [5, 5.41) is 2.98. The molecule has 2 aromatic carbocycles. The molecule has 0 aliphatic carbocycles. The second-order valence-electron chi connectivity index (χ2n) is 5.79. The molecule has 0 fully saturated rings. The standard InChI is InChI=1S/C21H21NO3/c1-3-16-9-7-8-15(2)19(16)22-21(23)20-17(12-13-24-20)14-25-18-10-5-4-6-11-18/h4-13H,3,14H2,1-2H3,(H,22,23). The lowest BCUT2D eigenvalue weighted by atomic mass is 10.1. The number of hydrogen-bond acceptors (Lipinski definition) is 3. The fraction of sp³-hybridized carbons (Fsp3) is 0.190. The Balaban J connectivity index is 1.75. The van der Waals surface area contributed by atoms with Crippen LogP contribution in [-0.4, -0.2) is 5.91 Å². The molecule has 4 nitrogen and oxygen atoms in total. The molecule has 0 aliphatic rings. The molecule has 0 saturated carbocycles. The van der Waals surface area contributed by atoms with Gasteiger partial charge in [-0.1, -0.05) is 43.3 Å². The number of nitrogens with one attached hydrogen (secondary N) is 1. The number of ether oxygens (including phenoxy) is 1. The zero-order valence-electron chi connectivity index (χ0n) is 14.4. The van der Waals surface area contributed by atoms with Gasteiger partial charge in [-0.2, -0.15) is 0 Å². The number of aryl methyl sites for hydroxylation is 2. The molecular weight excluding hydrogens is 314 g/mol. The van der Waals surface area contributed by atoms with Crippen molar-refractivity contribution in [2.24, 2.45) is 0 Å². The average molecular weight is 335 g/mol. The van der Waals surface area contributed by atoms with Gasteiger partial charge in [-0.05, 0) is 42.7 Å². The highest BCUT2D eigenvalue weighted by atomic mass is 16.5. The second-order valence-corrected chi connectivity index (χ2v) is 5.79. The van der Waals surface area contributed by atoms with Crippen molar-refractivity contribution in [2.75, 3.05) is 5.32 Å². The molecule has 4 heteroatoms. The zero-order chi connectivity index (χ0) is 17.6. The van der Waals surface area contributed by atoms with Gasteiger partial charge >= 0.3 is 0 Å². The second kappa shape index (κ2) is 7.71. The van der Waals surface area contributed by atoms with Crippen LogP contribution in [0, 0.1) is 6.92 Å². The van der Waals surface area contributed by atoms with Crippen molar-refractivity contribution in [2.45, 2.75) is 26.9 Å². The number of hydrogen-bond donors (Lipinski definition) is 1. The first-order valence-corrected chi connectivity index (χ1v) is 8.33. The van der Waals surface area contributed by atoms with Gasteiger partial charge in [0.05, 0.1) is 6.26 Å². The summed E-state index contributed by atoms with van der Waals surface area (Å²) in [5.41, 5.74) is 3.69. The van der Waals surface area contributed by atoms with E-state index < -0.39 is 0 Å². The minimum atomic E-state index is -0.263. The van der Waals surface area contributed by atoms with Crippen LogP contribution < -0.4 is 10.1 Å². The van der Waals surface area contributed by atoms with Crippen molar-refractivity contribution in [3.05, 3.63) is 83.3 Å². The van der Waals surface area contributed by atoms with Gasteiger partial charge in [0.25, 0.3) is 5.91 Å². The van der Waals surface area contributed by atoms with E-state index in [1.807, 2.05) is 55.5 Å². The SMILES string of the molecule is CCc1cccc(C)c1NC(=O)c1occc1COc1ccccc1. The molecule has 1 aromatic heterocycles. The molecular formula is C21H21NO3. The molecule has 0 spiro atoms. The summed E-state index contributed by atoms with van der Waals surface area (Å²) in [6.07, 6.45) is 2.36. The quantitative estimate of drug-likeness (QED) is 0.691. The maximum Gasteiger partial charge on any atom is 0.291 e. The first-order chi connectivity index (χ1) is 12.2. The van der Waals surface area contributed by atoms with Crippen molar-refractivity contribution in [3.63, 3.8) is 0 Å². The number of benzene rings is 2. The van der Waals surface area contributed by atoms with Gasteiger partial charge in [-0.3, -0.25) is 4.79 Å². The first-order valence-electron chi connectivity index (χ1n) is 8.33. The highest BCUT2D eigenvalue weighted by Crippen LogP contribution is 2.23. The lowest BCUT2D eigenvalue weighted by molar-refractivity contribution is 0.0993. The van der Waals surface area contributed by atoms with Gasteiger partial charge in [-0.15, -0.1) is 0 Å². The highest BCUT2D eigenvalue weighted by Gasteiger charge is 2.18. The van der Waals surface area contributed by atoms with Crippen LogP contribution in [0.3, 0.4) is 0 Å². The lowest BCUT2D eigenvalue weighted by Gasteiger charge is -2.13.